The molecule has 0 saturated heterocycles. The van der Waals surface area contributed by atoms with Crippen molar-refractivity contribution in [2.24, 2.45) is 0 Å². The molecule has 3 nitrogen and oxygen atoms in total. The van der Waals surface area contributed by atoms with Crippen molar-refractivity contribution in [1.29, 1.82) is 0 Å². The fraction of sp³-hybridized carbons (Fsp3) is 0.400. The zero-order valence-corrected chi connectivity index (χ0v) is 16.5. The van der Waals surface area contributed by atoms with Gasteiger partial charge in [-0.15, -0.1) is 0 Å². The smallest absolute Gasteiger partial charge is 0.264 e. The first-order valence-corrected chi connectivity index (χ1v) is 9.73. The number of hydrogen-bond acceptors (Lipinski definition) is 2. The molecule has 0 spiro atoms. The van der Waals surface area contributed by atoms with Gasteiger partial charge in [-0.3, -0.25) is 4.31 Å². The molecule has 130 valence electrons. The fourth-order valence-electron chi connectivity index (χ4n) is 3.24. The highest BCUT2D eigenvalue weighted by Crippen LogP contribution is 2.33. The van der Waals surface area contributed by atoms with E-state index in [0.717, 1.165) is 27.8 Å². The van der Waals surface area contributed by atoms with Crippen LogP contribution >= 0.6 is 0 Å². The van der Waals surface area contributed by atoms with Gasteiger partial charge in [0, 0.05) is 6.54 Å². The molecule has 0 radical (unpaired) electrons. The van der Waals surface area contributed by atoms with Gasteiger partial charge < -0.3 is 0 Å². The third-order valence-corrected chi connectivity index (χ3v) is 7.23. The highest BCUT2D eigenvalue weighted by molar-refractivity contribution is 7.93. The fourth-order valence-corrected chi connectivity index (χ4v) is 5.27. The molecule has 2 rings (SSSR count). The SMILES string of the molecule is CCN(c1cccc(C)c1)S(=O)(=O)c1c(C)c(C)c(C)c(C)c1C. The van der Waals surface area contributed by atoms with Gasteiger partial charge >= 0.3 is 0 Å². The van der Waals surface area contributed by atoms with Gasteiger partial charge in [0.25, 0.3) is 10.0 Å². The third-order valence-electron chi connectivity index (χ3n) is 5.06. The molecule has 0 saturated carbocycles. The number of nitrogens with zero attached hydrogens (tertiary/aromatic N) is 1. The lowest BCUT2D eigenvalue weighted by Gasteiger charge is -2.27. The number of sulfonamides is 1. The Bertz CT molecular complexity index is 854. The van der Waals surface area contributed by atoms with Crippen LogP contribution in [-0.2, 0) is 10.0 Å². The van der Waals surface area contributed by atoms with E-state index in [1.54, 1.807) is 0 Å². The first-order valence-electron chi connectivity index (χ1n) is 8.29. The third kappa shape index (κ3) is 2.95. The van der Waals surface area contributed by atoms with Crippen molar-refractivity contribution in [3.05, 3.63) is 57.6 Å². The van der Waals surface area contributed by atoms with Crippen LogP contribution in [0.1, 0.15) is 40.3 Å². The summed E-state index contributed by atoms with van der Waals surface area (Å²) < 4.78 is 28.4. The van der Waals surface area contributed by atoms with Crippen molar-refractivity contribution in [2.75, 3.05) is 10.8 Å². The lowest BCUT2D eigenvalue weighted by molar-refractivity contribution is 0.590. The Morgan fingerprint density at radius 2 is 1.33 bits per heavy atom. The van der Waals surface area contributed by atoms with Crippen LogP contribution in [0.15, 0.2) is 29.2 Å². The Hall–Kier alpha value is -1.81. The highest BCUT2D eigenvalue weighted by atomic mass is 32.2. The molecule has 0 heterocycles. The molecule has 0 N–H and O–H groups in total. The lowest BCUT2D eigenvalue weighted by atomic mass is 9.95. The monoisotopic (exact) mass is 345 g/mol. The number of aryl methyl sites for hydroxylation is 1. The van der Waals surface area contributed by atoms with Crippen molar-refractivity contribution in [3.8, 4) is 0 Å². The first kappa shape index (κ1) is 18.5. The summed E-state index contributed by atoms with van der Waals surface area (Å²) in [5.74, 6) is 0. The van der Waals surface area contributed by atoms with Gasteiger partial charge in [0.15, 0.2) is 0 Å². The maximum absolute atomic E-state index is 13.5. The van der Waals surface area contributed by atoms with Gasteiger partial charge in [0.2, 0.25) is 0 Å². The van der Waals surface area contributed by atoms with E-state index in [2.05, 4.69) is 6.92 Å². The van der Waals surface area contributed by atoms with Gasteiger partial charge in [-0.2, -0.15) is 0 Å². The Labute approximate surface area is 146 Å². The molecule has 0 aromatic heterocycles. The van der Waals surface area contributed by atoms with Crippen molar-refractivity contribution in [3.63, 3.8) is 0 Å². The summed E-state index contributed by atoms with van der Waals surface area (Å²) >= 11 is 0. The van der Waals surface area contributed by atoms with E-state index in [1.165, 1.54) is 9.87 Å². The van der Waals surface area contributed by atoms with E-state index in [4.69, 9.17) is 0 Å². The van der Waals surface area contributed by atoms with E-state index < -0.39 is 10.0 Å². The Balaban J connectivity index is 2.75. The van der Waals surface area contributed by atoms with Crippen LogP contribution in [0, 0.1) is 41.5 Å². The maximum Gasteiger partial charge on any atom is 0.264 e. The van der Waals surface area contributed by atoms with Crippen LogP contribution in [0.3, 0.4) is 0 Å². The minimum Gasteiger partial charge on any atom is -0.267 e. The second-order valence-electron chi connectivity index (χ2n) is 6.46. The summed E-state index contributed by atoms with van der Waals surface area (Å²) in [6.45, 7) is 14.1. The molecule has 0 aliphatic rings. The molecule has 2 aromatic carbocycles. The van der Waals surface area contributed by atoms with Crippen molar-refractivity contribution in [1.82, 2.24) is 0 Å². The molecule has 0 fully saturated rings. The summed E-state index contributed by atoms with van der Waals surface area (Å²) in [6.07, 6.45) is 0. The van der Waals surface area contributed by atoms with E-state index in [9.17, 15) is 8.42 Å². The lowest BCUT2D eigenvalue weighted by Crippen LogP contribution is -2.32. The van der Waals surface area contributed by atoms with Gasteiger partial charge in [0.05, 0.1) is 10.6 Å². The highest BCUT2D eigenvalue weighted by Gasteiger charge is 2.29. The molecule has 0 unspecified atom stereocenters. The number of benzene rings is 2. The van der Waals surface area contributed by atoms with Crippen LogP contribution in [0.5, 0.6) is 0 Å². The topological polar surface area (TPSA) is 37.4 Å². The van der Waals surface area contributed by atoms with Crippen LogP contribution < -0.4 is 4.31 Å². The summed E-state index contributed by atoms with van der Waals surface area (Å²) in [5, 5.41) is 0. The predicted octanol–water partition coefficient (Wildman–Crippen LogP) is 4.75. The van der Waals surface area contributed by atoms with Gasteiger partial charge in [0.1, 0.15) is 0 Å². The molecule has 0 amide bonds. The molecule has 0 atom stereocenters. The second-order valence-corrected chi connectivity index (χ2v) is 8.26. The van der Waals surface area contributed by atoms with Gasteiger partial charge in [-0.05, 0) is 94.0 Å². The van der Waals surface area contributed by atoms with E-state index in [-0.39, 0.29) is 0 Å². The van der Waals surface area contributed by atoms with Crippen LogP contribution in [-0.4, -0.2) is 15.0 Å². The quantitative estimate of drug-likeness (QED) is 0.802. The Morgan fingerprint density at radius 1 is 0.833 bits per heavy atom. The number of rotatable bonds is 4. The predicted molar refractivity (Wildman–Crippen MR) is 102 cm³/mol. The molecule has 0 aliphatic heterocycles. The Morgan fingerprint density at radius 3 is 1.79 bits per heavy atom. The van der Waals surface area contributed by atoms with Crippen molar-refractivity contribution in [2.45, 2.75) is 53.4 Å². The molecule has 24 heavy (non-hydrogen) atoms. The number of anilines is 1. The van der Waals surface area contributed by atoms with Crippen molar-refractivity contribution >= 4 is 15.7 Å². The summed E-state index contributed by atoms with van der Waals surface area (Å²) in [7, 11) is -3.61. The van der Waals surface area contributed by atoms with Crippen LogP contribution in [0.2, 0.25) is 0 Å². The molecule has 0 bridgehead atoms. The van der Waals surface area contributed by atoms with Crippen molar-refractivity contribution < 1.29 is 8.42 Å². The van der Waals surface area contributed by atoms with Crippen LogP contribution in [0.25, 0.3) is 0 Å². The van der Waals surface area contributed by atoms with Crippen LogP contribution in [0.4, 0.5) is 5.69 Å². The van der Waals surface area contributed by atoms with E-state index >= 15 is 0 Å². The molecule has 2 aromatic rings. The summed E-state index contributed by atoms with van der Waals surface area (Å²) in [5.41, 5.74) is 6.73. The minimum absolute atomic E-state index is 0.399. The second kappa shape index (κ2) is 6.60. The zero-order valence-electron chi connectivity index (χ0n) is 15.7. The van der Waals surface area contributed by atoms with Gasteiger partial charge in [-0.25, -0.2) is 8.42 Å². The summed E-state index contributed by atoms with van der Waals surface area (Å²) in [4.78, 5) is 0.450. The normalized spacial score (nSPS) is 11.6. The first-order chi connectivity index (χ1) is 11.1. The van der Waals surface area contributed by atoms with E-state index in [1.807, 2.05) is 65.8 Å². The molecule has 0 aliphatic carbocycles. The standard InChI is InChI=1S/C20H27NO2S/c1-8-21(19-11-9-10-13(2)12-19)24(22,23)20-17(6)15(4)14(3)16(5)18(20)7/h9-12H,8H2,1-7H3. The minimum atomic E-state index is -3.61. The molecular formula is C20H27NO2S. The molecule has 4 heteroatoms. The maximum atomic E-state index is 13.5. The summed E-state index contributed by atoms with van der Waals surface area (Å²) in [6, 6.07) is 7.64. The van der Waals surface area contributed by atoms with E-state index in [0.29, 0.717) is 17.1 Å². The largest absolute Gasteiger partial charge is 0.267 e. The Kier molecular flexibility index (Phi) is 5.09. The van der Waals surface area contributed by atoms with Gasteiger partial charge in [-0.1, -0.05) is 12.1 Å². The number of hydrogen-bond donors (Lipinski definition) is 0. The molecular weight excluding hydrogens is 318 g/mol. The average molecular weight is 346 g/mol. The average Bonchev–Trinajstić information content (AvgIpc) is 2.51. The zero-order chi connectivity index (χ0) is 18.2.